The number of hydrogen-bond acceptors (Lipinski definition) is 6. The monoisotopic (exact) mass is 315 g/mol. The highest BCUT2D eigenvalue weighted by Crippen LogP contribution is 2.17. The minimum atomic E-state index is -0.0587. The van der Waals surface area contributed by atoms with Crippen molar-refractivity contribution in [2.45, 2.75) is 13.3 Å². The molecule has 2 N–H and O–H groups in total. The van der Waals surface area contributed by atoms with E-state index in [1.165, 1.54) is 0 Å². The highest BCUT2D eigenvalue weighted by molar-refractivity contribution is 5.91. The number of likely N-dealkylation sites (tertiary alicyclic amines) is 1. The highest BCUT2D eigenvalue weighted by atomic mass is 16.5. The van der Waals surface area contributed by atoms with E-state index in [9.17, 15) is 4.79 Å². The van der Waals surface area contributed by atoms with Crippen LogP contribution >= 0.6 is 0 Å². The molecule has 1 saturated heterocycles. The molecule has 7 nitrogen and oxygen atoms in total. The number of aryl methyl sites for hydroxylation is 1. The number of carbonyl (C=O) groups excluding carboxylic acids is 1. The fraction of sp³-hybridized carbons (Fsp3) is 0.438. The Morgan fingerprint density at radius 2 is 2.35 bits per heavy atom. The van der Waals surface area contributed by atoms with E-state index in [2.05, 4.69) is 25.7 Å². The molecule has 2 aromatic heterocycles. The average Bonchev–Trinajstić information content (AvgIpc) is 3.15. The number of carbonyl (C=O) groups is 1. The van der Waals surface area contributed by atoms with E-state index < -0.39 is 0 Å². The van der Waals surface area contributed by atoms with Gasteiger partial charge in [-0.05, 0) is 37.9 Å². The topological polar surface area (TPSA) is 83.3 Å². The van der Waals surface area contributed by atoms with E-state index in [4.69, 9.17) is 4.52 Å². The van der Waals surface area contributed by atoms with E-state index in [1.807, 2.05) is 18.2 Å². The normalized spacial score (nSPS) is 18.0. The average molecular weight is 315 g/mol. The predicted octanol–water partition coefficient (Wildman–Crippen LogP) is 1.75. The second-order valence-corrected chi connectivity index (χ2v) is 5.86. The summed E-state index contributed by atoms with van der Waals surface area (Å²) in [5, 5.41) is 9.86. The lowest BCUT2D eigenvalue weighted by Crippen LogP contribution is -2.32. The molecule has 0 aliphatic carbocycles. The van der Waals surface area contributed by atoms with Crippen LogP contribution in [0.2, 0.25) is 0 Å². The van der Waals surface area contributed by atoms with Crippen molar-refractivity contribution in [1.29, 1.82) is 0 Å². The van der Waals surface area contributed by atoms with Crippen LogP contribution in [0.1, 0.15) is 12.2 Å². The van der Waals surface area contributed by atoms with Crippen LogP contribution < -0.4 is 10.6 Å². The van der Waals surface area contributed by atoms with E-state index in [-0.39, 0.29) is 5.91 Å². The largest absolute Gasteiger partial charge is 0.370 e. The molecule has 0 bridgehead atoms. The maximum atomic E-state index is 12.0. The van der Waals surface area contributed by atoms with Crippen molar-refractivity contribution in [3.8, 4) is 0 Å². The Balaban J connectivity index is 1.40. The Labute approximate surface area is 135 Å². The molecule has 1 fully saturated rings. The molecular weight excluding hydrogens is 294 g/mol. The van der Waals surface area contributed by atoms with Gasteiger partial charge in [-0.1, -0.05) is 11.2 Å². The van der Waals surface area contributed by atoms with Crippen molar-refractivity contribution >= 4 is 17.5 Å². The molecule has 0 unspecified atom stereocenters. The molecule has 3 rings (SSSR count). The van der Waals surface area contributed by atoms with Crippen molar-refractivity contribution in [1.82, 2.24) is 15.0 Å². The molecule has 1 atom stereocenters. The van der Waals surface area contributed by atoms with Crippen molar-refractivity contribution in [3.05, 3.63) is 36.2 Å². The smallest absolute Gasteiger partial charge is 0.239 e. The van der Waals surface area contributed by atoms with E-state index in [1.54, 1.807) is 19.2 Å². The number of anilines is 2. The Bertz CT molecular complexity index is 643. The Morgan fingerprint density at radius 3 is 3.09 bits per heavy atom. The van der Waals surface area contributed by atoms with Gasteiger partial charge in [0, 0.05) is 25.4 Å². The van der Waals surface area contributed by atoms with Gasteiger partial charge in [-0.2, -0.15) is 0 Å². The van der Waals surface area contributed by atoms with Gasteiger partial charge in [0.15, 0.2) is 5.82 Å². The lowest BCUT2D eigenvalue weighted by molar-refractivity contribution is -0.117. The fourth-order valence-corrected chi connectivity index (χ4v) is 2.75. The molecule has 0 spiro atoms. The summed E-state index contributed by atoms with van der Waals surface area (Å²) in [7, 11) is 0. The number of rotatable bonds is 6. The Kier molecular flexibility index (Phi) is 4.87. The van der Waals surface area contributed by atoms with Crippen molar-refractivity contribution in [3.63, 3.8) is 0 Å². The van der Waals surface area contributed by atoms with Gasteiger partial charge in [0.25, 0.3) is 0 Å². The Hall–Kier alpha value is -2.41. The number of nitrogens with zero attached hydrogens (tertiary/aromatic N) is 3. The number of amides is 1. The zero-order valence-corrected chi connectivity index (χ0v) is 13.2. The summed E-state index contributed by atoms with van der Waals surface area (Å²) in [6.07, 6.45) is 2.86. The van der Waals surface area contributed by atoms with Crippen LogP contribution in [-0.2, 0) is 4.79 Å². The zero-order valence-electron chi connectivity index (χ0n) is 13.2. The molecular formula is C16H21N5O2. The van der Waals surface area contributed by atoms with Crippen LogP contribution in [0.4, 0.5) is 11.6 Å². The lowest BCUT2D eigenvalue weighted by Gasteiger charge is -2.15. The maximum Gasteiger partial charge on any atom is 0.239 e. The molecule has 0 aromatic carbocycles. The number of pyridine rings is 1. The van der Waals surface area contributed by atoms with Gasteiger partial charge in [0.1, 0.15) is 11.6 Å². The van der Waals surface area contributed by atoms with Gasteiger partial charge in [-0.3, -0.25) is 9.69 Å². The quantitative estimate of drug-likeness (QED) is 0.845. The van der Waals surface area contributed by atoms with Crippen molar-refractivity contribution < 1.29 is 9.32 Å². The first-order valence-corrected chi connectivity index (χ1v) is 7.79. The van der Waals surface area contributed by atoms with Crippen molar-refractivity contribution in [2.24, 2.45) is 5.92 Å². The van der Waals surface area contributed by atoms with Gasteiger partial charge in [0.2, 0.25) is 5.91 Å². The first-order valence-electron chi connectivity index (χ1n) is 7.79. The third-order valence-corrected chi connectivity index (χ3v) is 3.87. The SMILES string of the molecule is Cc1cc(NC(=O)CN2CC[C@H](CNc3ccccn3)C2)no1. The number of aromatic nitrogens is 2. The van der Waals surface area contributed by atoms with Gasteiger partial charge in [-0.15, -0.1) is 0 Å². The first-order chi connectivity index (χ1) is 11.2. The minimum absolute atomic E-state index is 0.0587. The zero-order chi connectivity index (χ0) is 16.1. The van der Waals surface area contributed by atoms with Crippen LogP contribution in [0.3, 0.4) is 0 Å². The molecule has 0 radical (unpaired) electrons. The summed E-state index contributed by atoms with van der Waals surface area (Å²) in [5.41, 5.74) is 0. The molecule has 1 aliphatic rings. The first kappa shape index (κ1) is 15.5. The summed E-state index contributed by atoms with van der Waals surface area (Å²) >= 11 is 0. The Morgan fingerprint density at radius 1 is 1.43 bits per heavy atom. The number of nitrogens with one attached hydrogen (secondary N) is 2. The molecule has 7 heteroatoms. The van der Waals surface area contributed by atoms with Gasteiger partial charge >= 0.3 is 0 Å². The van der Waals surface area contributed by atoms with E-state index in [0.29, 0.717) is 24.0 Å². The molecule has 1 aliphatic heterocycles. The highest BCUT2D eigenvalue weighted by Gasteiger charge is 2.24. The molecule has 1 amide bonds. The van der Waals surface area contributed by atoms with Crippen LogP contribution in [0, 0.1) is 12.8 Å². The van der Waals surface area contributed by atoms with Crippen LogP contribution in [-0.4, -0.2) is 47.1 Å². The third kappa shape index (κ3) is 4.53. The fourth-order valence-electron chi connectivity index (χ4n) is 2.75. The molecule has 3 heterocycles. The summed E-state index contributed by atoms with van der Waals surface area (Å²) in [6.45, 7) is 4.89. The summed E-state index contributed by atoms with van der Waals surface area (Å²) in [6, 6.07) is 7.53. The molecule has 0 saturated carbocycles. The van der Waals surface area contributed by atoms with Gasteiger partial charge < -0.3 is 15.2 Å². The van der Waals surface area contributed by atoms with E-state index in [0.717, 1.165) is 31.9 Å². The van der Waals surface area contributed by atoms with E-state index >= 15 is 0 Å². The van der Waals surface area contributed by atoms with Crippen LogP contribution in [0.15, 0.2) is 35.0 Å². The standard InChI is InChI=1S/C16H21N5O2/c1-12-8-15(20-23-12)19-16(22)11-21-7-5-13(10-21)9-18-14-4-2-3-6-17-14/h2-4,6,8,13H,5,7,9-11H2,1H3,(H,17,18)(H,19,20,22)/t13-/m1/s1. The summed E-state index contributed by atoms with van der Waals surface area (Å²) in [4.78, 5) is 18.4. The summed E-state index contributed by atoms with van der Waals surface area (Å²) in [5.74, 6) is 2.52. The number of hydrogen-bond donors (Lipinski definition) is 2. The second-order valence-electron chi connectivity index (χ2n) is 5.86. The molecule has 2 aromatic rings. The molecule has 122 valence electrons. The lowest BCUT2D eigenvalue weighted by atomic mass is 10.1. The van der Waals surface area contributed by atoms with Crippen LogP contribution in [0.5, 0.6) is 0 Å². The second kappa shape index (κ2) is 7.23. The summed E-state index contributed by atoms with van der Waals surface area (Å²) < 4.78 is 4.93. The third-order valence-electron chi connectivity index (χ3n) is 3.87. The maximum absolute atomic E-state index is 12.0. The van der Waals surface area contributed by atoms with Gasteiger partial charge in [0.05, 0.1) is 6.54 Å². The predicted molar refractivity (Wildman–Crippen MR) is 87.1 cm³/mol. The van der Waals surface area contributed by atoms with Crippen molar-refractivity contribution in [2.75, 3.05) is 36.8 Å². The van der Waals surface area contributed by atoms with Crippen LogP contribution in [0.25, 0.3) is 0 Å². The minimum Gasteiger partial charge on any atom is -0.370 e. The van der Waals surface area contributed by atoms with Gasteiger partial charge in [-0.25, -0.2) is 4.98 Å². The molecule has 23 heavy (non-hydrogen) atoms.